The normalized spacial score (nSPS) is 12.3. The minimum atomic E-state index is -1.45. The fraction of sp³-hybridized carbons (Fsp3) is 0.214. The molecule has 387 valence electrons. The monoisotopic (exact) mass is 1190 g/mol. The van der Waals surface area contributed by atoms with Gasteiger partial charge in [0, 0.05) is 45.4 Å². The van der Waals surface area contributed by atoms with Gasteiger partial charge in [-0.15, -0.1) is 35.9 Å². The van der Waals surface area contributed by atoms with Crippen molar-refractivity contribution in [3.8, 4) is 56.4 Å². The fourth-order valence-electron chi connectivity index (χ4n) is 10.8. The second-order valence-electron chi connectivity index (χ2n) is 21.8. The number of aromatic nitrogens is 5. The van der Waals surface area contributed by atoms with Crippen LogP contribution in [0.15, 0.2) is 174 Å². The number of imidazole rings is 2. The third-order valence-corrected chi connectivity index (χ3v) is 14.2. The summed E-state index contributed by atoms with van der Waals surface area (Å²) in [5.74, 6) is 2.11. The SMILES string of the molecule is Cc1[c-]c(-c2nc3ccccc3n2-c2c(C)cccc2C)cc(C)n1.[2H]C([2H])(c1ccc(-c2cc(C(C)C)c(-n3c(-c4[c-]ccc5c4oc4cc(-c6ccccc6)ccc45)nc4ccccc43)c(C(C)C)c2)cc1)C(C)(C)C.[Ir]. The minimum absolute atomic E-state index is 0. The Morgan fingerprint density at radius 1 is 0.558 bits per heavy atom. The van der Waals surface area contributed by atoms with Crippen molar-refractivity contribution in [1.29, 1.82) is 0 Å². The molecular weight excluding hydrogens is 1120 g/mol. The standard InChI is InChI=1S/C48H45N2O.C22H20N3.Ir/c1-30(2)40-26-36(34-22-20-32(21-23-34)29-48(5,6)7)27-41(31(3)4)45(40)50-43-19-12-11-18-42(43)49-47(50)39-17-13-16-38-37-25-24-35(28-44(37)51-46(38)39)33-14-9-8-10-15-33;1-14-8-7-9-15(2)21(14)25-20-11-6-5-10-19(20)24-22(25)18-12-16(3)23-17(4)13-18;/h8-16,18-28,30-31H,29H2,1-7H3;5-12H,1-4H3;/q2*-1;/i29D2;;. The number of hydrogen-bond donors (Lipinski definition) is 0. The maximum atomic E-state index is 8.82. The zero-order chi connectivity index (χ0) is 54.8. The van der Waals surface area contributed by atoms with E-state index >= 15 is 0 Å². The van der Waals surface area contributed by atoms with Crippen LogP contribution in [-0.4, -0.2) is 24.1 Å². The van der Waals surface area contributed by atoms with Gasteiger partial charge in [-0.05, 0) is 155 Å². The Morgan fingerprint density at radius 2 is 1.13 bits per heavy atom. The van der Waals surface area contributed by atoms with E-state index in [1.54, 1.807) is 0 Å². The maximum Gasteiger partial charge on any atom is 0.121 e. The molecule has 7 heteroatoms. The van der Waals surface area contributed by atoms with Crippen molar-refractivity contribution in [2.24, 2.45) is 5.41 Å². The third kappa shape index (κ3) is 10.4. The molecular formula is C70H65IrN5O-2. The van der Waals surface area contributed by atoms with Crippen molar-refractivity contribution in [1.82, 2.24) is 24.1 Å². The first kappa shape index (κ1) is 50.1. The Labute approximate surface area is 470 Å². The van der Waals surface area contributed by atoms with E-state index < -0.39 is 11.8 Å². The topological polar surface area (TPSA) is 61.7 Å². The van der Waals surface area contributed by atoms with Gasteiger partial charge < -0.3 is 13.6 Å². The summed E-state index contributed by atoms with van der Waals surface area (Å²) >= 11 is 0. The van der Waals surface area contributed by atoms with Gasteiger partial charge in [-0.25, -0.2) is 0 Å². The number of pyridine rings is 1. The van der Waals surface area contributed by atoms with E-state index in [0.717, 1.165) is 106 Å². The zero-order valence-electron chi connectivity index (χ0n) is 47.8. The van der Waals surface area contributed by atoms with Gasteiger partial charge in [-0.1, -0.05) is 169 Å². The molecule has 12 rings (SSSR count). The maximum absolute atomic E-state index is 8.82. The summed E-state index contributed by atoms with van der Waals surface area (Å²) in [5, 5.41) is 2.10. The van der Waals surface area contributed by atoms with Crippen molar-refractivity contribution in [3.05, 3.63) is 221 Å². The molecule has 0 unspecified atom stereocenters. The number of nitrogens with zero attached hydrogens (tertiary/aromatic N) is 5. The van der Waals surface area contributed by atoms with Gasteiger partial charge in [0.05, 0.1) is 33.5 Å². The van der Waals surface area contributed by atoms with Gasteiger partial charge in [0.2, 0.25) is 0 Å². The van der Waals surface area contributed by atoms with E-state index in [9.17, 15) is 0 Å². The Hall–Kier alpha value is -7.70. The summed E-state index contributed by atoms with van der Waals surface area (Å²) in [7, 11) is 0. The van der Waals surface area contributed by atoms with E-state index in [0.29, 0.717) is 5.56 Å². The van der Waals surface area contributed by atoms with Crippen molar-refractivity contribution < 1.29 is 27.3 Å². The number of rotatable bonds is 9. The van der Waals surface area contributed by atoms with E-state index in [1.807, 2.05) is 71.0 Å². The van der Waals surface area contributed by atoms with Crippen molar-refractivity contribution in [3.63, 3.8) is 0 Å². The van der Waals surface area contributed by atoms with Crippen LogP contribution >= 0.6 is 0 Å². The van der Waals surface area contributed by atoms with Crippen LogP contribution in [-0.2, 0) is 26.5 Å². The molecule has 0 fully saturated rings. The second kappa shape index (κ2) is 21.4. The zero-order valence-corrected chi connectivity index (χ0v) is 48.2. The summed E-state index contributed by atoms with van der Waals surface area (Å²) in [6.45, 7) is 23.1. The van der Waals surface area contributed by atoms with Crippen molar-refractivity contribution >= 4 is 44.0 Å². The molecule has 0 aliphatic carbocycles. The van der Waals surface area contributed by atoms with Crippen LogP contribution in [0.25, 0.3) is 100 Å². The van der Waals surface area contributed by atoms with Crippen LogP contribution in [0.5, 0.6) is 0 Å². The predicted molar refractivity (Wildman–Crippen MR) is 317 cm³/mol. The number of benzene rings is 8. The van der Waals surface area contributed by atoms with Crippen LogP contribution < -0.4 is 0 Å². The molecule has 0 spiro atoms. The molecule has 0 atom stereocenters. The van der Waals surface area contributed by atoms with E-state index in [-0.39, 0.29) is 31.9 Å². The first-order chi connectivity index (χ1) is 37.4. The molecule has 0 saturated heterocycles. The molecule has 4 aromatic heterocycles. The van der Waals surface area contributed by atoms with E-state index in [4.69, 9.17) is 17.1 Å². The molecule has 0 N–H and O–H groups in total. The first-order valence-corrected chi connectivity index (χ1v) is 26.5. The smallest absolute Gasteiger partial charge is 0.121 e. The molecule has 0 bridgehead atoms. The van der Waals surface area contributed by atoms with Gasteiger partial charge in [0.15, 0.2) is 0 Å². The van der Waals surface area contributed by atoms with Gasteiger partial charge in [-0.3, -0.25) is 15.0 Å². The predicted octanol–water partition coefficient (Wildman–Crippen LogP) is 18.7. The Bertz CT molecular complexity index is 4150. The molecule has 6 nitrogen and oxygen atoms in total. The Kier molecular flexibility index (Phi) is 13.9. The average Bonchev–Trinajstić information content (AvgIpc) is 3.89. The van der Waals surface area contributed by atoms with Crippen LogP contribution in [0.2, 0.25) is 0 Å². The Balaban J connectivity index is 0.000000226. The summed E-state index contributed by atoms with van der Waals surface area (Å²) in [6, 6.07) is 65.6. The van der Waals surface area contributed by atoms with Crippen LogP contribution in [0, 0.1) is 45.2 Å². The quantitative estimate of drug-likeness (QED) is 0.135. The average molecular weight is 1190 g/mol. The summed E-state index contributed by atoms with van der Waals surface area (Å²) < 4.78 is 29.0. The van der Waals surface area contributed by atoms with Crippen LogP contribution in [0.1, 0.15) is 102 Å². The molecule has 12 aromatic rings. The number of hydrogen-bond acceptors (Lipinski definition) is 4. The number of fused-ring (bicyclic) bond motifs is 5. The largest absolute Gasteiger partial charge is 0.501 e. The minimum Gasteiger partial charge on any atom is -0.501 e. The first-order valence-electron chi connectivity index (χ1n) is 27.5. The van der Waals surface area contributed by atoms with Gasteiger partial charge >= 0.3 is 0 Å². The summed E-state index contributed by atoms with van der Waals surface area (Å²) in [5.41, 5.74) is 21.1. The molecule has 0 saturated carbocycles. The number of furan rings is 1. The molecule has 77 heavy (non-hydrogen) atoms. The Morgan fingerprint density at radius 3 is 1.74 bits per heavy atom. The molecule has 0 aliphatic rings. The van der Waals surface area contributed by atoms with E-state index in [1.165, 1.54) is 27.9 Å². The van der Waals surface area contributed by atoms with Gasteiger partial charge in [-0.2, -0.15) is 0 Å². The molecule has 0 aliphatic heterocycles. The molecule has 8 aromatic carbocycles. The summed E-state index contributed by atoms with van der Waals surface area (Å²) in [6.07, 6.45) is -1.45. The van der Waals surface area contributed by atoms with E-state index in [2.05, 4.69) is 201 Å². The van der Waals surface area contributed by atoms with Crippen molar-refractivity contribution in [2.45, 2.75) is 94.4 Å². The number of aryl methyl sites for hydroxylation is 4. The third-order valence-electron chi connectivity index (χ3n) is 14.2. The van der Waals surface area contributed by atoms with Crippen LogP contribution in [0.3, 0.4) is 0 Å². The summed E-state index contributed by atoms with van der Waals surface area (Å²) in [4.78, 5) is 14.7. The van der Waals surface area contributed by atoms with Gasteiger partial charge in [0.25, 0.3) is 0 Å². The second-order valence-corrected chi connectivity index (χ2v) is 21.8. The van der Waals surface area contributed by atoms with Crippen molar-refractivity contribution in [2.75, 3.05) is 0 Å². The number of para-hydroxylation sites is 5. The fourth-order valence-corrected chi connectivity index (χ4v) is 10.8. The van der Waals surface area contributed by atoms with Gasteiger partial charge in [0.1, 0.15) is 5.58 Å². The molecule has 0 amide bonds. The molecule has 4 heterocycles. The van der Waals surface area contributed by atoms with Crippen LogP contribution in [0.4, 0.5) is 0 Å². The molecule has 1 radical (unpaired) electrons.